The molecule has 0 aliphatic rings. The van der Waals surface area contributed by atoms with E-state index < -0.39 is 0 Å². The summed E-state index contributed by atoms with van der Waals surface area (Å²) < 4.78 is 0. The number of halogens is 1. The van der Waals surface area contributed by atoms with Gasteiger partial charge in [-0.3, -0.25) is 4.79 Å². The summed E-state index contributed by atoms with van der Waals surface area (Å²) in [7, 11) is 0. The molecule has 1 atom stereocenters. The maximum Gasteiger partial charge on any atom is 0.230 e. The molecule has 0 saturated carbocycles. The lowest BCUT2D eigenvalue weighted by Crippen LogP contribution is -2.28. The Kier molecular flexibility index (Phi) is 7.94. The number of aliphatic hydroxyl groups is 1. The first-order valence-electron chi connectivity index (χ1n) is 6.38. The van der Waals surface area contributed by atoms with Crippen molar-refractivity contribution < 1.29 is 9.90 Å². The second kappa shape index (κ2) is 9.23. The predicted octanol–water partition coefficient (Wildman–Crippen LogP) is 2.85. The molecule has 2 N–H and O–H groups in total. The first-order valence-corrected chi connectivity index (χ1v) is 7.92. The van der Waals surface area contributed by atoms with E-state index in [4.69, 9.17) is 11.6 Å². The largest absolute Gasteiger partial charge is 0.393 e. The van der Waals surface area contributed by atoms with Crippen LogP contribution in [0.2, 0.25) is 5.02 Å². The molecule has 0 aliphatic carbocycles. The Morgan fingerprint density at radius 3 is 2.74 bits per heavy atom. The van der Waals surface area contributed by atoms with Gasteiger partial charge in [-0.15, -0.1) is 11.8 Å². The van der Waals surface area contributed by atoms with Gasteiger partial charge < -0.3 is 10.4 Å². The average Bonchev–Trinajstić information content (AvgIpc) is 2.41. The zero-order valence-corrected chi connectivity index (χ0v) is 12.6. The molecule has 5 heteroatoms. The van der Waals surface area contributed by atoms with Crippen LogP contribution in [0.5, 0.6) is 0 Å². The number of aliphatic hydroxyl groups excluding tert-OH is 1. The van der Waals surface area contributed by atoms with Crippen molar-refractivity contribution in [2.75, 3.05) is 12.3 Å². The van der Waals surface area contributed by atoms with E-state index in [2.05, 4.69) is 5.32 Å². The average molecular weight is 302 g/mol. The summed E-state index contributed by atoms with van der Waals surface area (Å²) in [6, 6.07) is 7.63. The molecule has 0 radical (unpaired) electrons. The fourth-order valence-corrected chi connectivity index (χ4v) is 2.42. The van der Waals surface area contributed by atoms with Crippen LogP contribution in [0.4, 0.5) is 0 Å². The lowest BCUT2D eigenvalue weighted by molar-refractivity contribution is -0.118. The van der Waals surface area contributed by atoms with Gasteiger partial charge in [-0.1, -0.05) is 30.7 Å². The van der Waals surface area contributed by atoms with E-state index >= 15 is 0 Å². The number of carbonyl (C=O) groups is 1. The van der Waals surface area contributed by atoms with Crippen LogP contribution < -0.4 is 5.32 Å². The van der Waals surface area contributed by atoms with Gasteiger partial charge in [0.15, 0.2) is 0 Å². The third-order valence-electron chi connectivity index (χ3n) is 2.69. The molecule has 0 spiro atoms. The summed E-state index contributed by atoms with van der Waals surface area (Å²) in [5.74, 6) is 1.25. The predicted molar refractivity (Wildman–Crippen MR) is 81.5 cm³/mol. The van der Waals surface area contributed by atoms with Crippen LogP contribution >= 0.6 is 23.4 Å². The molecule has 0 bridgehead atoms. The molecular formula is C14H20ClNO2S. The molecule has 1 rings (SSSR count). The summed E-state index contributed by atoms with van der Waals surface area (Å²) >= 11 is 7.37. The minimum Gasteiger partial charge on any atom is -0.393 e. The summed E-state index contributed by atoms with van der Waals surface area (Å²) in [4.78, 5) is 11.5. The lowest BCUT2D eigenvalue weighted by atomic mass is 10.2. The fourth-order valence-electron chi connectivity index (χ4n) is 1.48. The Bertz CT molecular complexity index is 384. The van der Waals surface area contributed by atoms with E-state index in [1.54, 1.807) is 11.8 Å². The summed E-state index contributed by atoms with van der Waals surface area (Å²) in [6.07, 6.45) is 1.02. The first-order chi connectivity index (χ1) is 9.11. The van der Waals surface area contributed by atoms with E-state index in [0.717, 1.165) is 22.8 Å². The number of hydrogen-bond acceptors (Lipinski definition) is 3. The van der Waals surface area contributed by atoms with Crippen molar-refractivity contribution in [2.45, 2.75) is 31.6 Å². The standard InChI is InChI=1S/C14H20ClNO2S/c1-2-13(17)7-8-16-14(18)10-19-9-11-3-5-12(15)6-4-11/h3-6,13,17H,2,7-10H2,1H3,(H,16,18). The van der Waals surface area contributed by atoms with Gasteiger partial charge in [0.25, 0.3) is 0 Å². The van der Waals surface area contributed by atoms with Gasteiger partial charge in [0.05, 0.1) is 11.9 Å². The molecular weight excluding hydrogens is 282 g/mol. The third-order valence-corrected chi connectivity index (χ3v) is 3.94. The quantitative estimate of drug-likeness (QED) is 0.776. The monoisotopic (exact) mass is 301 g/mol. The molecule has 0 saturated heterocycles. The third kappa shape index (κ3) is 7.45. The number of benzene rings is 1. The van der Waals surface area contributed by atoms with Crippen molar-refractivity contribution in [2.24, 2.45) is 0 Å². The molecule has 1 amide bonds. The lowest BCUT2D eigenvalue weighted by Gasteiger charge is -2.08. The zero-order chi connectivity index (χ0) is 14.1. The first kappa shape index (κ1) is 16.3. The van der Waals surface area contributed by atoms with E-state index in [9.17, 15) is 9.90 Å². The Labute approximate surface area is 123 Å². The highest BCUT2D eigenvalue weighted by molar-refractivity contribution is 7.99. The molecule has 0 fully saturated rings. The maximum atomic E-state index is 11.5. The highest BCUT2D eigenvalue weighted by Crippen LogP contribution is 2.15. The van der Waals surface area contributed by atoms with Gasteiger partial charge in [0, 0.05) is 17.3 Å². The molecule has 19 heavy (non-hydrogen) atoms. The van der Waals surface area contributed by atoms with Gasteiger partial charge in [0.2, 0.25) is 5.91 Å². The Morgan fingerprint density at radius 2 is 2.11 bits per heavy atom. The number of hydrogen-bond donors (Lipinski definition) is 2. The molecule has 1 unspecified atom stereocenters. The number of nitrogens with one attached hydrogen (secondary N) is 1. The number of amides is 1. The Balaban J connectivity index is 2.11. The number of thioether (sulfide) groups is 1. The second-order valence-corrected chi connectivity index (χ2v) is 5.74. The van der Waals surface area contributed by atoms with Crippen molar-refractivity contribution in [1.82, 2.24) is 5.32 Å². The van der Waals surface area contributed by atoms with Crippen molar-refractivity contribution in [3.63, 3.8) is 0 Å². The zero-order valence-electron chi connectivity index (χ0n) is 11.1. The number of carbonyl (C=O) groups excluding carboxylic acids is 1. The van der Waals surface area contributed by atoms with Crippen LogP contribution in [-0.2, 0) is 10.5 Å². The van der Waals surface area contributed by atoms with Gasteiger partial charge in [-0.2, -0.15) is 0 Å². The van der Waals surface area contributed by atoms with Crippen molar-refractivity contribution >= 4 is 29.3 Å². The maximum absolute atomic E-state index is 11.5. The molecule has 1 aromatic carbocycles. The Morgan fingerprint density at radius 1 is 1.42 bits per heavy atom. The van der Waals surface area contributed by atoms with Crippen molar-refractivity contribution in [3.05, 3.63) is 34.9 Å². The van der Waals surface area contributed by atoms with Crippen LogP contribution in [-0.4, -0.2) is 29.4 Å². The smallest absolute Gasteiger partial charge is 0.230 e. The van der Waals surface area contributed by atoms with Crippen LogP contribution in [0, 0.1) is 0 Å². The summed E-state index contributed by atoms with van der Waals surface area (Å²) in [5, 5.41) is 12.9. The van der Waals surface area contributed by atoms with E-state index in [-0.39, 0.29) is 12.0 Å². The normalized spacial score (nSPS) is 12.2. The summed E-state index contributed by atoms with van der Waals surface area (Å²) in [6.45, 7) is 2.46. The van der Waals surface area contributed by atoms with E-state index in [1.165, 1.54) is 0 Å². The van der Waals surface area contributed by atoms with Crippen LogP contribution in [0.15, 0.2) is 24.3 Å². The van der Waals surface area contributed by atoms with Gasteiger partial charge in [0.1, 0.15) is 0 Å². The van der Waals surface area contributed by atoms with E-state index in [0.29, 0.717) is 18.7 Å². The number of rotatable bonds is 8. The van der Waals surface area contributed by atoms with Crippen LogP contribution in [0.25, 0.3) is 0 Å². The summed E-state index contributed by atoms with van der Waals surface area (Å²) in [5.41, 5.74) is 1.16. The van der Waals surface area contributed by atoms with E-state index in [1.807, 2.05) is 31.2 Å². The molecule has 0 aromatic heterocycles. The Hall–Kier alpha value is -0.710. The molecule has 0 heterocycles. The molecule has 106 valence electrons. The molecule has 1 aromatic rings. The van der Waals surface area contributed by atoms with Gasteiger partial charge >= 0.3 is 0 Å². The molecule has 3 nitrogen and oxygen atoms in total. The van der Waals surface area contributed by atoms with Crippen LogP contribution in [0.1, 0.15) is 25.3 Å². The molecule has 0 aliphatic heterocycles. The van der Waals surface area contributed by atoms with Gasteiger partial charge in [-0.25, -0.2) is 0 Å². The highest BCUT2D eigenvalue weighted by Gasteiger charge is 2.04. The SMILES string of the molecule is CCC(O)CCNC(=O)CSCc1ccc(Cl)cc1. The van der Waals surface area contributed by atoms with Crippen molar-refractivity contribution in [3.8, 4) is 0 Å². The topological polar surface area (TPSA) is 49.3 Å². The van der Waals surface area contributed by atoms with Crippen LogP contribution in [0.3, 0.4) is 0 Å². The minimum absolute atomic E-state index is 0.0160. The fraction of sp³-hybridized carbons (Fsp3) is 0.500. The highest BCUT2D eigenvalue weighted by atomic mass is 35.5. The second-order valence-electron chi connectivity index (χ2n) is 4.32. The van der Waals surface area contributed by atoms with Crippen molar-refractivity contribution in [1.29, 1.82) is 0 Å². The van der Waals surface area contributed by atoms with Gasteiger partial charge in [-0.05, 0) is 30.5 Å². The minimum atomic E-state index is -0.318.